The molecule has 388 valence electrons. The lowest BCUT2D eigenvalue weighted by molar-refractivity contribution is -0.166. The van der Waals surface area contributed by atoms with Crippen molar-refractivity contribution in [1.29, 1.82) is 0 Å². The lowest BCUT2D eigenvalue weighted by atomic mass is 10.1. The van der Waals surface area contributed by atoms with Crippen LogP contribution in [0.15, 0.2) is 134 Å². The number of allylic oxidation sites excluding steroid dienone is 21. The Morgan fingerprint density at radius 2 is 0.609 bits per heavy atom. The molecule has 0 amide bonds. The minimum atomic E-state index is -0.849. The summed E-state index contributed by atoms with van der Waals surface area (Å²) in [4.78, 5) is 38.0. The Hall–Kier alpha value is -4.45. The number of hydrogen-bond acceptors (Lipinski definition) is 6. The number of carbonyl (C=O) groups excluding carboxylic acids is 3. The van der Waals surface area contributed by atoms with E-state index >= 15 is 0 Å². The smallest absolute Gasteiger partial charge is 0.310 e. The van der Waals surface area contributed by atoms with Crippen LogP contribution in [0, 0.1) is 0 Å². The molecule has 0 N–H and O–H groups in total. The molecule has 1 unspecified atom stereocenters. The summed E-state index contributed by atoms with van der Waals surface area (Å²) in [6.45, 7) is 6.28. The van der Waals surface area contributed by atoms with E-state index in [-0.39, 0.29) is 31.6 Å². The van der Waals surface area contributed by atoms with Crippen molar-refractivity contribution in [3.63, 3.8) is 0 Å². The van der Waals surface area contributed by atoms with E-state index in [4.69, 9.17) is 14.2 Å². The second-order valence-electron chi connectivity index (χ2n) is 17.7. The van der Waals surface area contributed by atoms with Crippen LogP contribution >= 0.6 is 0 Å². The predicted molar refractivity (Wildman–Crippen MR) is 297 cm³/mol. The van der Waals surface area contributed by atoms with Crippen LogP contribution in [0.1, 0.15) is 226 Å². The minimum absolute atomic E-state index is 0.0852. The summed E-state index contributed by atoms with van der Waals surface area (Å²) in [5, 5.41) is 0. The first-order chi connectivity index (χ1) is 34.0. The van der Waals surface area contributed by atoms with Crippen molar-refractivity contribution in [1.82, 2.24) is 0 Å². The topological polar surface area (TPSA) is 78.9 Å². The highest BCUT2D eigenvalue weighted by Crippen LogP contribution is 2.12. The van der Waals surface area contributed by atoms with Crippen molar-refractivity contribution in [3.8, 4) is 0 Å². The summed E-state index contributed by atoms with van der Waals surface area (Å²) >= 11 is 0. The number of hydrogen-bond donors (Lipinski definition) is 0. The van der Waals surface area contributed by atoms with Gasteiger partial charge in [0.25, 0.3) is 0 Å². The second kappa shape index (κ2) is 56.1. The normalized spacial score (nSPS) is 13.1. The zero-order valence-corrected chi connectivity index (χ0v) is 44.3. The van der Waals surface area contributed by atoms with Gasteiger partial charge in [0.15, 0.2) is 6.10 Å². The maximum absolute atomic E-state index is 12.8. The standard InChI is InChI=1S/C63H100O6/c1-4-7-10-13-16-19-22-25-28-29-30-31-32-33-36-38-41-44-47-50-53-56-62(65)68-59-60(69-63(66)57-54-51-48-45-42-39-35-27-24-21-18-15-12-9-6-3)58-67-61(64)55-52-49-46-43-40-37-34-26-23-20-17-14-11-8-5-2/h7,9-10,12,16,18-19,21,25-28,30-31,33-36,42,45,51,54,60H,4-6,8,11,13-15,17,20,22-24,29,32,37-41,43-44,46-50,52-53,55-59H2,1-3H3/b10-7-,12-9-,19-16-,21-18-,28-25-,31-30-,34-26-,35-27-,36-33-,45-42-,54-51-. The van der Waals surface area contributed by atoms with Crippen molar-refractivity contribution in [3.05, 3.63) is 134 Å². The molecule has 0 saturated heterocycles. The van der Waals surface area contributed by atoms with E-state index < -0.39 is 12.1 Å². The van der Waals surface area contributed by atoms with Crippen molar-refractivity contribution in [2.75, 3.05) is 13.2 Å². The Labute approximate surface area is 424 Å². The molecule has 0 aromatic carbocycles. The fourth-order valence-electron chi connectivity index (χ4n) is 7.07. The van der Waals surface area contributed by atoms with Crippen molar-refractivity contribution in [2.45, 2.75) is 232 Å². The van der Waals surface area contributed by atoms with Crippen molar-refractivity contribution in [2.24, 2.45) is 0 Å². The van der Waals surface area contributed by atoms with Gasteiger partial charge in [0.05, 0.1) is 6.42 Å². The average molecular weight is 953 g/mol. The summed E-state index contributed by atoms with van der Waals surface area (Å²) in [5.41, 5.74) is 0. The van der Waals surface area contributed by atoms with Crippen LogP contribution in [0.3, 0.4) is 0 Å². The molecule has 0 heterocycles. The van der Waals surface area contributed by atoms with E-state index in [1.165, 1.54) is 51.4 Å². The van der Waals surface area contributed by atoms with Crippen LogP contribution in [0.4, 0.5) is 0 Å². The van der Waals surface area contributed by atoms with Gasteiger partial charge < -0.3 is 14.2 Å². The minimum Gasteiger partial charge on any atom is -0.462 e. The van der Waals surface area contributed by atoms with Gasteiger partial charge in [-0.15, -0.1) is 0 Å². The first-order valence-corrected chi connectivity index (χ1v) is 27.7. The highest BCUT2D eigenvalue weighted by Gasteiger charge is 2.19. The largest absolute Gasteiger partial charge is 0.462 e. The van der Waals surface area contributed by atoms with Crippen LogP contribution < -0.4 is 0 Å². The van der Waals surface area contributed by atoms with Crippen LogP contribution in [0.25, 0.3) is 0 Å². The Morgan fingerprint density at radius 3 is 0.971 bits per heavy atom. The molecule has 1 atom stereocenters. The van der Waals surface area contributed by atoms with E-state index in [0.717, 1.165) is 128 Å². The molecule has 0 aromatic rings. The molecular weight excluding hydrogens is 853 g/mol. The van der Waals surface area contributed by atoms with Gasteiger partial charge in [0.1, 0.15) is 13.2 Å². The average Bonchev–Trinajstić information content (AvgIpc) is 3.35. The van der Waals surface area contributed by atoms with E-state index in [0.29, 0.717) is 19.3 Å². The van der Waals surface area contributed by atoms with E-state index in [9.17, 15) is 14.4 Å². The Kier molecular flexibility index (Phi) is 52.5. The van der Waals surface area contributed by atoms with Crippen LogP contribution in [-0.2, 0) is 28.6 Å². The van der Waals surface area contributed by atoms with Gasteiger partial charge in [-0.1, -0.05) is 225 Å². The molecule has 0 spiro atoms. The predicted octanol–water partition coefficient (Wildman–Crippen LogP) is 18.6. The van der Waals surface area contributed by atoms with Gasteiger partial charge in [-0.3, -0.25) is 14.4 Å². The molecule has 0 saturated carbocycles. The lowest BCUT2D eigenvalue weighted by Gasteiger charge is -2.18. The Bertz CT molecular complexity index is 1510. The highest BCUT2D eigenvalue weighted by atomic mass is 16.6. The SMILES string of the molecule is CC/C=C\C/C=C\C/C=C\C/C=C\C/C=C\CCCCCCCC(=O)OCC(COC(=O)CCCCCCC/C=C\CCCCCCCC)OC(=O)C/C=C\C/C=C\C/C=C\C/C=C\C/C=C\CC. The molecule has 0 aliphatic heterocycles. The Morgan fingerprint density at radius 1 is 0.319 bits per heavy atom. The highest BCUT2D eigenvalue weighted by molar-refractivity contribution is 5.72. The van der Waals surface area contributed by atoms with Gasteiger partial charge in [0.2, 0.25) is 0 Å². The summed E-state index contributed by atoms with van der Waals surface area (Å²) in [7, 11) is 0. The fraction of sp³-hybridized carbons (Fsp3) is 0.603. The van der Waals surface area contributed by atoms with Gasteiger partial charge in [-0.25, -0.2) is 0 Å². The molecule has 69 heavy (non-hydrogen) atoms. The molecule has 0 aromatic heterocycles. The summed E-state index contributed by atoms with van der Waals surface area (Å²) in [6, 6.07) is 0. The van der Waals surface area contributed by atoms with Gasteiger partial charge >= 0.3 is 17.9 Å². The maximum atomic E-state index is 12.8. The van der Waals surface area contributed by atoms with E-state index in [2.05, 4.69) is 142 Å². The van der Waals surface area contributed by atoms with Crippen molar-refractivity contribution >= 4 is 17.9 Å². The molecule has 6 nitrogen and oxygen atoms in total. The molecule has 0 radical (unpaired) electrons. The zero-order chi connectivity index (χ0) is 50.0. The molecule has 6 heteroatoms. The van der Waals surface area contributed by atoms with Crippen molar-refractivity contribution < 1.29 is 28.6 Å². The molecule has 0 aliphatic carbocycles. The first kappa shape index (κ1) is 64.5. The maximum Gasteiger partial charge on any atom is 0.310 e. The third-order valence-corrected chi connectivity index (χ3v) is 11.2. The quantitative estimate of drug-likeness (QED) is 0.0262. The third-order valence-electron chi connectivity index (χ3n) is 11.2. The number of ether oxygens (including phenoxy) is 3. The molecule has 0 fully saturated rings. The summed E-state index contributed by atoms with van der Waals surface area (Å²) in [5.74, 6) is -1.10. The monoisotopic (exact) mass is 953 g/mol. The number of unbranched alkanes of at least 4 members (excludes halogenated alkanes) is 16. The van der Waals surface area contributed by atoms with Crippen LogP contribution in [-0.4, -0.2) is 37.2 Å². The van der Waals surface area contributed by atoms with E-state index in [1.807, 2.05) is 6.08 Å². The zero-order valence-electron chi connectivity index (χ0n) is 44.3. The number of esters is 3. The van der Waals surface area contributed by atoms with Gasteiger partial charge in [-0.2, -0.15) is 0 Å². The van der Waals surface area contributed by atoms with Crippen LogP contribution in [0.2, 0.25) is 0 Å². The second-order valence-corrected chi connectivity index (χ2v) is 17.7. The fourth-order valence-corrected chi connectivity index (χ4v) is 7.07. The van der Waals surface area contributed by atoms with Gasteiger partial charge in [0, 0.05) is 12.8 Å². The number of carbonyl (C=O) groups is 3. The number of rotatable bonds is 48. The molecular formula is C63H100O6. The van der Waals surface area contributed by atoms with Crippen LogP contribution in [0.5, 0.6) is 0 Å². The molecule has 0 bridgehead atoms. The summed E-state index contributed by atoms with van der Waals surface area (Å²) < 4.78 is 16.7. The van der Waals surface area contributed by atoms with Gasteiger partial charge in [-0.05, 0) is 116 Å². The lowest BCUT2D eigenvalue weighted by Crippen LogP contribution is -2.30. The van der Waals surface area contributed by atoms with E-state index in [1.54, 1.807) is 6.08 Å². The Balaban J connectivity index is 4.54. The molecule has 0 aliphatic rings. The first-order valence-electron chi connectivity index (χ1n) is 27.7. The summed E-state index contributed by atoms with van der Waals surface area (Å²) in [6.07, 6.45) is 78.9. The molecule has 0 rings (SSSR count). The third kappa shape index (κ3) is 54.4.